The smallest absolute Gasteiger partial charge is 0.221 e. The lowest BCUT2D eigenvalue weighted by Crippen LogP contribution is -2.45. The Bertz CT molecular complexity index is 119. The first-order valence-electron chi connectivity index (χ1n) is 3.06. The fourth-order valence-electron chi connectivity index (χ4n) is 0.926. The van der Waals surface area contributed by atoms with Crippen molar-refractivity contribution in [2.75, 3.05) is 6.54 Å². The molecule has 4 N–H and O–H groups in total. The van der Waals surface area contributed by atoms with E-state index in [0.717, 1.165) is 13.0 Å². The summed E-state index contributed by atoms with van der Waals surface area (Å²) in [4.78, 5) is 10.6. The van der Waals surface area contributed by atoms with Crippen molar-refractivity contribution >= 4 is 18.3 Å². The fraction of sp³-hybridized carbons (Fsp3) is 0.800. The Balaban J connectivity index is 0.000000810. The molecule has 1 aliphatic heterocycles. The third-order valence-corrected chi connectivity index (χ3v) is 1.48. The number of hydrazine groups is 1. The molecule has 10 heavy (non-hydrogen) atoms. The zero-order valence-corrected chi connectivity index (χ0v) is 6.41. The van der Waals surface area contributed by atoms with E-state index in [2.05, 4.69) is 10.7 Å². The molecule has 60 valence electrons. The molecular formula is C5H12ClN3O. The van der Waals surface area contributed by atoms with Crippen molar-refractivity contribution in [1.29, 1.82) is 0 Å². The number of halogens is 1. The van der Waals surface area contributed by atoms with Gasteiger partial charge in [-0.05, 0) is 6.42 Å². The molecule has 0 aromatic heterocycles. The molecule has 0 aliphatic carbocycles. The van der Waals surface area contributed by atoms with Gasteiger partial charge in [-0.25, -0.2) is 0 Å². The van der Waals surface area contributed by atoms with Gasteiger partial charge in [-0.3, -0.25) is 16.1 Å². The number of nitrogens with two attached hydrogens (primary N) is 1. The van der Waals surface area contributed by atoms with Gasteiger partial charge in [0.05, 0.1) is 0 Å². The van der Waals surface area contributed by atoms with E-state index in [1.807, 2.05) is 0 Å². The number of carbonyl (C=O) groups is 1. The normalized spacial score (nSPS) is 24.9. The predicted octanol–water partition coefficient (Wildman–Crippen LogP) is -0.850. The highest BCUT2D eigenvalue weighted by atomic mass is 35.5. The molecule has 1 atom stereocenters. The molecule has 1 heterocycles. The summed E-state index contributed by atoms with van der Waals surface area (Å²) in [6.07, 6.45) is 1.44. The lowest BCUT2D eigenvalue weighted by molar-refractivity contribution is -0.122. The quantitative estimate of drug-likeness (QED) is 0.350. The summed E-state index contributed by atoms with van der Waals surface area (Å²) in [6.45, 7) is 0.744. The summed E-state index contributed by atoms with van der Waals surface area (Å²) in [5.74, 6) is 5.22. The Kier molecular flexibility index (Phi) is 4.34. The van der Waals surface area contributed by atoms with E-state index in [-0.39, 0.29) is 24.4 Å². The second kappa shape index (κ2) is 4.49. The largest absolute Gasteiger partial charge is 0.356 e. The number of hydrogen-bond acceptors (Lipinski definition) is 3. The number of amides is 1. The Morgan fingerprint density at radius 3 is 2.80 bits per heavy atom. The van der Waals surface area contributed by atoms with Crippen LogP contribution < -0.4 is 16.6 Å². The van der Waals surface area contributed by atoms with Crippen LogP contribution in [0.5, 0.6) is 0 Å². The molecule has 4 nitrogen and oxygen atoms in total. The molecule has 0 radical (unpaired) electrons. The van der Waals surface area contributed by atoms with E-state index in [1.165, 1.54) is 0 Å². The second-order valence-electron chi connectivity index (χ2n) is 2.21. The van der Waals surface area contributed by atoms with Crippen LogP contribution >= 0.6 is 12.4 Å². The van der Waals surface area contributed by atoms with Crippen LogP contribution in [-0.2, 0) is 4.79 Å². The monoisotopic (exact) mass is 165 g/mol. The van der Waals surface area contributed by atoms with Gasteiger partial charge in [-0.15, -0.1) is 12.4 Å². The molecule has 5 heteroatoms. The average Bonchev–Trinajstić information content (AvgIpc) is 1.88. The molecular weight excluding hydrogens is 154 g/mol. The van der Waals surface area contributed by atoms with Crippen molar-refractivity contribution in [1.82, 2.24) is 10.7 Å². The van der Waals surface area contributed by atoms with Crippen LogP contribution in [-0.4, -0.2) is 18.5 Å². The summed E-state index contributed by atoms with van der Waals surface area (Å²) in [5, 5.41) is 2.71. The van der Waals surface area contributed by atoms with E-state index >= 15 is 0 Å². The summed E-state index contributed by atoms with van der Waals surface area (Å²) in [7, 11) is 0. The first-order valence-corrected chi connectivity index (χ1v) is 3.06. The Morgan fingerprint density at radius 2 is 2.40 bits per heavy atom. The maximum Gasteiger partial charge on any atom is 0.221 e. The molecule has 1 amide bonds. The van der Waals surface area contributed by atoms with Crippen LogP contribution in [0, 0.1) is 0 Å². The zero-order valence-electron chi connectivity index (χ0n) is 5.59. The van der Waals surface area contributed by atoms with Crippen LogP contribution in [0.1, 0.15) is 12.8 Å². The van der Waals surface area contributed by atoms with Crippen LogP contribution in [0.25, 0.3) is 0 Å². The minimum absolute atomic E-state index is 0. The van der Waals surface area contributed by atoms with Gasteiger partial charge < -0.3 is 5.32 Å². The van der Waals surface area contributed by atoms with Crippen molar-refractivity contribution in [3.05, 3.63) is 0 Å². The van der Waals surface area contributed by atoms with Gasteiger partial charge in [0.2, 0.25) is 5.91 Å². The van der Waals surface area contributed by atoms with E-state index in [4.69, 9.17) is 5.84 Å². The van der Waals surface area contributed by atoms with Crippen LogP contribution in [0.2, 0.25) is 0 Å². The van der Waals surface area contributed by atoms with Crippen molar-refractivity contribution in [2.45, 2.75) is 18.9 Å². The number of carbonyl (C=O) groups excluding carboxylic acids is 1. The van der Waals surface area contributed by atoms with Crippen molar-refractivity contribution in [2.24, 2.45) is 5.84 Å². The molecule has 0 spiro atoms. The molecule has 0 saturated carbocycles. The van der Waals surface area contributed by atoms with E-state index < -0.39 is 0 Å². The van der Waals surface area contributed by atoms with Gasteiger partial charge in [0, 0.05) is 19.0 Å². The van der Waals surface area contributed by atoms with Crippen molar-refractivity contribution in [3.63, 3.8) is 0 Å². The number of rotatable bonds is 1. The summed E-state index contributed by atoms with van der Waals surface area (Å²) >= 11 is 0. The van der Waals surface area contributed by atoms with Gasteiger partial charge in [-0.1, -0.05) is 0 Å². The highest BCUT2D eigenvalue weighted by Crippen LogP contribution is 2.00. The minimum atomic E-state index is 0. The third kappa shape index (κ3) is 2.51. The highest BCUT2D eigenvalue weighted by Gasteiger charge is 2.16. The molecule has 0 aromatic carbocycles. The minimum Gasteiger partial charge on any atom is -0.356 e. The van der Waals surface area contributed by atoms with Crippen molar-refractivity contribution < 1.29 is 4.79 Å². The second-order valence-corrected chi connectivity index (χ2v) is 2.21. The van der Waals surface area contributed by atoms with Gasteiger partial charge >= 0.3 is 0 Å². The zero-order chi connectivity index (χ0) is 6.69. The first-order chi connectivity index (χ1) is 4.33. The molecule has 0 aromatic rings. The molecule has 1 aliphatic rings. The maximum atomic E-state index is 10.6. The Labute approximate surface area is 65.9 Å². The Hall–Kier alpha value is -0.320. The van der Waals surface area contributed by atoms with Gasteiger partial charge in [-0.2, -0.15) is 0 Å². The topological polar surface area (TPSA) is 67.2 Å². The van der Waals surface area contributed by atoms with E-state index in [1.54, 1.807) is 0 Å². The molecule has 1 saturated heterocycles. The third-order valence-electron chi connectivity index (χ3n) is 1.48. The molecule has 1 rings (SSSR count). The van der Waals surface area contributed by atoms with Crippen LogP contribution in [0.15, 0.2) is 0 Å². The summed E-state index contributed by atoms with van der Waals surface area (Å²) < 4.78 is 0. The summed E-state index contributed by atoms with van der Waals surface area (Å²) in [6, 6.07) is 0.179. The molecule has 1 unspecified atom stereocenters. The molecule has 1 fully saturated rings. The fourth-order valence-corrected chi connectivity index (χ4v) is 0.926. The molecule has 0 bridgehead atoms. The highest BCUT2D eigenvalue weighted by molar-refractivity contribution is 5.85. The van der Waals surface area contributed by atoms with Crippen molar-refractivity contribution in [3.8, 4) is 0 Å². The maximum absolute atomic E-state index is 10.6. The van der Waals surface area contributed by atoms with Crippen LogP contribution in [0.3, 0.4) is 0 Å². The average molecular weight is 166 g/mol. The van der Waals surface area contributed by atoms with Gasteiger partial charge in [0.1, 0.15) is 0 Å². The summed E-state index contributed by atoms with van der Waals surface area (Å²) in [5.41, 5.74) is 2.57. The lowest BCUT2D eigenvalue weighted by atomic mass is 10.1. The number of nitrogens with one attached hydrogen (secondary N) is 2. The standard InChI is InChI=1S/C5H11N3O.ClH/c6-8-4-1-2-7-5(9)3-4;/h4,8H,1-3,6H2,(H,7,9);1H. The number of piperidine rings is 1. The van der Waals surface area contributed by atoms with Gasteiger partial charge in [0.25, 0.3) is 0 Å². The SMILES string of the molecule is Cl.NNC1CCNC(=O)C1. The number of hydrogen-bond donors (Lipinski definition) is 3. The van der Waals surface area contributed by atoms with Crippen LogP contribution in [0.4, 0.5) is 0 Å². The lowest BCUT2D eigenvalue weighted by Gasteiger charge is -2.20. The van der Waals surface area contributed by atoms with E-state index in [0.29, 0.717) is 6.42 Å². The first kappa shape index (κ1) is 9.68. The Morgan fingerprint density at radius 1 is 1.70 bits per heavy atom. The predicted molar refractivity (Wildman–Crippen MR) is 40.6 cm³/mol. The van der Waals surface area contributed by atoms with E-state index in [9.17, 15) is 4.79 Å². The van der Waals surface area contributed by atoms with Gasteiger partial charge in [0.15, 0.2) is 0 Å².